The summed E-state index contributed by atoms with van der Waals surface area (Å²) in [5, 5.41) is 11.1. The first-order valence-electron chi connectivity index (χ1n) is 12.8. The first kappa shape index (κ1) is 28.7. The Morgan fingerprint density at radius 3 is 2.51 bits per heavy atom. The van der Waals surface area contributed by atoms with Gasteiger partial charge in [0.15, 0.2) is 5.65 Å². The van der Waals surface area contributed by atoms with E-state index in [-0.39, 0.29) is 33.3 Å². The van der Waals surface area contributed by atoms with Crippen molar-refractivity contribution in [3.05, 3.63) is 55.7 Å². The van der Waals surface area contributed by atoms with E-state index in [1.54, 1.807) is 17.2 Å². The van der Waals surface area contributed by atoms with Gasteiger partial charge in [0.2, 0.25) is 0 Å². The molecule has 1 amide bonds. The molecule has 0 saturated carbocycles. The number of amides is 1. The number of anilines is 1. The highest BCUT2D eigenvalue weighted by Crippen LogP contribution is 2.36. The van der Waals surface area contributed by atoms with Crippen molar-refractivity contribution in [1.82, 2.24) is 19.4 Å². The quantitative estimate of drug-likeness (QED) is 0.364. The van der Waals surface area contributed by atoms with Crippen molar-refractivity contribution >= 4 is 46.0 Å². The van der Waals surface area contributed by atoms with Crippen molar-refractivity contribution in [3.8, 4) is 11.8 Å². The number of hydrogen-bond acceptors (Lipinski definition) is 7. The predicted octanol–water partition coefficient (Wildman–Crippen LogP) is 5.84. The lowest BCUT2D eigenvalue weighted by Crippen LogP contribution is -2.55. The molecule has 11 heteroatoms. The second-order valence-electron chi connectivity index (χ2n) is 11.1. The number of piperazine rings is 1. The third-order valence-electron chi connectivity index (χ3n) is 6.64. The van der Waals surface area contributed by atoms with E-state index in [2.05, 4.69) is 16.0 Å². The fourth-order valence-corrected chi connectivity index (χ4v) is 5.21. The molecule has 0 radical (unpaired) electrons. The molecule has 39 heavy (non-hydrogen) atoms. The van der Waals surface area contributed by atoms with Gasteiger partial charge < -0.3 is 14.5 Å². The van der Waals surface area contributed by atoms with Crippen LogP contribution in [0.3, 0.4) is 0 Å². The number of fused-ring (bicyclic) bond motifs is 1. The number of carbonyl (C=O) groups excluding carboxylic acids is 1. The van der Waals surface area contributed by atoms with Crippen LogP contribution in [0.25, 0.3) is 16.7 Å². The van der Waals surface area contributed by atoms with Crippen molar-refractivity contribution < 1.29 is 9.53 Å². The van der Waals surface area contributed by atoms with Gasteiger partial charge in [-0.2, -0.15) is 5.26 Å². The highest BCUT2D eigenvalue weighted by molar-refractivity contribution is 6.41. The Labute approximate surface area is 237 Å². The number of aryl methyl sites for hydroxylation is 1. The summed E-state index contributed by atoms with van der Waals surface area (Å²) in [5.74, 6) is -0.00390. The highest BCUT2D eigenvalue weighted by atomic mass is 35.5. The summed E-state index contributed by atoms with van der Waals surface area (Å²) in [6.45, 7) is 14.3. The molecular weight excluding hydrogens is 539 g/mol. The Bertz CT molecular complexity index is 1550. The van der Waals surface area contributed by atoms with E-state index in [0.29, 0.717) is 42.1 Å². The van der Waals surface area contributed by atoms with Gasteiger partial charge in [-0.3, -0.25) is 14.3 Å². The lowest BCUT2D eigenvalue weighted by molar-refractivity contribution is 0.0219. The number of halogens is 2. The Morgan fingerprint density at radius 1 is 1.23 bits per heavy atom. The lowest BCUT2D eigenvalue weighted by atomic mass is 10.0. The minimum absolute atomic E-state index is 0.00390. The molecule has 1 aliphatic rings. The highest BCUT2D eigenvalue weighted by Gasteiger charge is 2.34. The Hall–Kier alpha value is -3.35. The van der Waals surface area contributed by atoms with Gasteiger partial charge >= 0.3 is 6.09 Å². The minimum atomic E-state index is -0.618. The van der Waals surface area contributed by atoms with E-state index >= 15 is 0 Å². The SMILES string of the molecule is Cc1ccnc(C(C)C)c1-n1c(=O)c(C#N)c(N2CCN(C(=O)OC(C)(C)C)C[C@@H]2C)c2cc(Cl)c(Cl)nc21. The summed E-state index contributed by atoms with van der Waals surface area (Å²) < 4.78 is 6.98. The molecule has 1 atom stereocenters. The summed E-state index contributed by atoms with van der Waals surface area (Å²) in [6.07, 6.45) is 1.30. The fourth-order valence-electron chi connectivity index (χ4n) is 4.92. The summed E-state index contributed by atoms with van der Waals surface area (Å²) in [4.78, 5) is 39.5. The summed E-state index contributed by atoms with van der Waals surface area (Å²) in [6, 6.07) is 5.37. The monoisotopic (exact) mass is 570 g/mol. The smallest absolute Gasteiger partial charge is 0.410 e. The van der Waals surface area contributed by atoms with E-state index in [1.165, 1.54) is 4.57 Å². The molecule has 3 aromatic heterocycles. The van der Waals surface area contributed by atoms with Crippen molar-refractivity contribution in [2.24, 2.45) is 0 Å². The van der Waals surface area contributed by atoms with E-state index in [0.717, 1.165) is 5.56 Å². The Balaban J connectivity index is 1.95. The van der Waals surface area contributed by atoms with Gasteiger partial charge in [-0.15, -0.1) is 0 Å². The molecule has 0 unspecified atom stereocenters. The second-order valence-corrected chi connectivity index (χ2v) is 11.9. The number of carbonyl (C=O) groups is 1. The minimum Gasteiger partial charge on any atom is -0.444 e. The van der Waals surface area contributed by atoms with Crippen LogP contribution in [0, 0.1) is 18.3 Å². The molecule has 4 heterocycles. The third kappa shape index (κ3) is 5.41. The fraction of sp³-hybridized carbons (Fsp3) is 0.464. The molecule has 206 valence electrons. The second kappa shape index (κ2) is 10.7. The van der Waals surface area contributed by atoms with Crippen LogP contribution in [0.4, 0.5) is 10.5 Å². The van der Waals surface area contributed by atoms with E-state index < -0.39 is 17.3 Å². The molecule has 4 rings (SSSR count). The molecule has 1 aliphatic heterocycles. The van der Waals surface area contributed by atoms with Crippen molar-refractivity contribution in [2.45, 2.75) is 66.0 Å². The topological polar surface area (TPSA) is 104 Å². The average Bonchev–Trinajstić information content (AvgIpc) is 2.84. The Kier molecular flexibility index (Phi) is 7.84. The van der Waals surface area contributed by atoms with Gasteiger partial charge in [0.25, 0.3) is 5.56 Å². The van der Waals surface area contributed by atoms with Gasteiger partial charge in [0.05, 0.1) is 22.1 Å². The third-order valence-corrected chi connectivity index (χ3v) is 7.31. The number of rotatable bonds is 3. The molecule has 3 aromatic rings. The predicted molar refractivity (Wildman–Crippen MR) is 153 cm³/mol. The average molecular weight is 572 g/mol. The Morgan fingerprint density at radius 2 is 1.92 bits per heavy atom. The number of aromatic nitrogens is 3. The molecule has 0 spiro atoms. The van der Waals surface area contributed by atoms with Crippen LogP contribution >= 0.6 is 23.2 Å². The molecule has 0 aromatic carbocycles. The van der Waals surface area contributed by atoms with E-state index in [4.69, 9.17) is 27.9 Å². The lowest BCUT2D eigenvalue weighted by Gasteiger charge is -2.42. The van der Waals surface area contributed by atoms with Crippen LogP contribution in [0.5, 0.6) is 0 Å². The summed E-state index contributed by atoms with van der Waals surface area (Å²) >= 11 is 12.8. The zero-order chi connectivity index (χ0) is 28.8. The molecule has 1 fully saturated rings. The molecule has 0 aliphatic carbocycles. The number of hydrogen-bond donors (Lipinski definition) is 0. The summed E-state index contributed by atoms with van der Waals surface area (Å²) in [7, 11) is 0. The number of nitriles is 1. The van der Waals surface area contributed by atoms with Crippen LogP contribution in [-0.2, 0) is 4.74 Å². The van der Waals surface area contributed by atoms with E-state index in [9.17, 15) is 14.9 Å². The van der Waals surface area contributed by atoms with Crippen LogP contribution < -0.4 is 10.5 Å². The van der Waals surface area contributed by atoms with Gasteiger partial charge in [0, 0.05) is 37.3 Å². The molecule has 1 saturated heterocycles. The standard InChI is InChI=1S/C28H32Cl2N6O3/c1-15(2)21-22(16(3)8-9-32-21)36-25-18(12-20(29)24(30)33-25)23(19(13-31)26(36)37)35-11-10-34(14-17(35)4)27(38)39-28(5,6)7/h8-9,12,15,17H,10-11,14H2,1-7H3/t17-/m0/s1. The number of nitrogens with zero attached hydrogens (tertiary/aromatic N) is 6. The van der Waals surface area contributed by atoms with Gasteiger partial charge in [-0.25, -0.2) is 9.78 Å². The van der Waals surface area contributed by atoms with Gasteiger partial charge in [0.1, 0.15) is 22.4 Å². The zero-order valence-electron chi connectivity index (χ0n) is 23.2. The van der Waals surface area contributed by atoms with Gasteiger partial charge in [-0.05, 0) is 58.2 Å². The van der Waals surface area contributed by atoms with Crippen molar-refractivity contribution in [2.75, 3.05) is 24.5 Å². The van der Waals surface area contributed by atoms with Crippen LogP contribution in [0.1, 0.15) is 64.3 Å². The van der Waals surface area contributed by atoms with Crippen LogP contribution in [0.15, 0.2) is 23.1 Å². The number of pyridine rings is 3. The number of ether oxygens (including phenoxy) is 1. The first-order valence-corrected chi connectivity index (χ1v) is 13.6. The normalized spacial score (nSPS) is 16.1. The molecule has 9 nitrogen and oxygen atoms in total. The van der Waals surface area contributed by atoms with E-state index in [1.807, 2.05) is 59.4 Å². The zero-order valence-corrected chi connectivity index (χ0v) is 24.7. The summed E-state index contributed by atoms with van der Waals surface area (Å²) in [5.41, 5.74) is 1.59. The van der Waals surface area contributed by atoms with Crippen molar-refractivity contribution in [1.29, 1.82) is 5.26 Å². The molecule has 0 N–H and O–H groups in total. The van der Waals surface area contributed by atoms with Crippen LogP contribution in [-0.4, -0.2) is 56.8 Å². The maximum atomic E-state index is 14.1. The maximum Gasteiger partial charge on any atom is 0.410 e. The maximum absolute atomic E-state index is 14.1. The first-order chi connectivity index (χ1) is 18.2. The van der Waals surface area contributed by atoms with Crippen molar-refractivity contribution in [3.63, 3.8) is 0 Å². The molecular formula is C28H32Cl2N6O3. The molecule has 0 bridgehead atoms. The largest absolute Gasteiger partial charge is 0.444 e. The van der Waals surface area contributed by atoms with Crippen LogP contribution in [0.2, 0.25) is 10.2 Å². The van der Waals surface area contributed by atoms with Gasteiger partial charge in [-0.1, -0.05) is 37.0 Å².